The van der Waals surface area contributed by atoms with Crippen LogP contribution in [0.2, 0.25) is 0 Å². The first-order chi connectivity index (χ1) is 9.24. The number of rotatable bonds is 5. The number of nitrogens with zero attached hydrogens (tertiary/aromatic N) is 1. The minimum Gasteiger partial charge on any atom is -0.496 e. The van der Waals surface area contributed by atoms with Gasteiger partial charge in [0.25, 0.3) is 0 Å². The molecule has 0 bridgehead atoms. The van der Waals surface area contributed by atoms with Crippen molar-refractivity contribution in [3.63, 3.8) is 0 Å². The van der Waals surface area contributed by atoms with Crippen LogP contribution in [0.1, 0.15) is 25.8 Å². The minimum atomic E-state index is 0.680. The molecule has 3 nitrogen and oxygen atoms in total. The molecular formula is C16H26N2O. The van der Waals surface area contributed by atoms with E-state index in [2.05, 4.69) is 36.2 Å². The molecule has 2 unspecified atom stereocenters. The SMILES string of the molecule is CCNC1CCN(Cc2ccccc2OC)CC1C. The number of methoxy groups -OCH3 is 1. The Kier molecular flexibility index (Phi) is 5.23. The predicted molar refractivity (Wildman–Crippen MR) is 79.5 cm³/mol. The van der Waals surface area contributed by atoms with Crippen LogP contribution in [-0.4, -0.2) is 37.7 Å². The predicted octanol–water partition coefficient (Wildman–Crippen LogP) is 2.52. The van der Waals surface area contributed by atoms with E-state index in [1.54, 1.807) is 7.11 Å². The maximum absolute atomic E-state index is 5.43. The first-order valence-electron chi connectivity index (χ1n) is 7.32. The molecular weight excluding hydrogens is 236 g/mol. The number of hydrogen-bond donors (Lipinski definition) is 1. The second-order valence-electron chi connectivity index (χ2n) is 5.48. The van der Waals surface area contributed by atoms with Gasteiger partial charge >= 0.3 is 0 Å². The van der Waals surface area contributed by atoms with E-state index in [9.17, 15) is 0 Å². The molecule has 0 spiro atoms. The number of benzene rings is 1. The Morgan fingerprint density at radius 1 is 1.37 bits per heavy atom. The Balaban J connectivity index is 1.94. The van der Waals surface area contributed by atoms with E-state index in [0.717, 1.165) is 25.4 Å². The average molecular weight is 262 g/mol. The number of likely N-dealkylation sites (tertiary alicyclic amines) is 1. The summed E-state index contributed by atoms with van der Waals surface area (Å²) in [6.07, 6.45) is 1.24. The molecule has 1 fully saturated rings. The zero-order valence-electron chi connectivity index (χ0n) is 12.4. The molecule has 1 aromatic carbocycles. The number of piperidine rings is 1. The number of para-hydroxylation sites is 1. The first-order valence-corrected chi connectivity index (χ1v) is 7.32. The summed E-state index contributed by atoms with van der Waals surface area (Å²) in [5, 5.41) is 3.59. The van der Waals surface area contributed by atoms with Gasteiger partial charge in [0.2, 0.25) is 0 Å². The second-order valence-corrected chi connectivity index (χ2v) is 5.48. The fraction of sp³-hybridized carbons (Fsp3) is 0.625. The molecule has 2 rings (SSSR count). The molecule has 1 aliphatic rings. The van der Waals surface area contributed by atoms with Crippen LogP contribution >= 0.6 is 0 Å². The molecule has 0 aliphatic carbocycles. The van der Waals surface area contributed by atoms with Crippen molar-refractivity contribution in [2.45, 2.75) is 32.9 Å². The van der Waals surface area contributed by atoms with Crippen molar-refractivity contribution < 1.29 is 4.74 Å². The van der Waals surface area contributed by atoms with Gasteiger partial charge in [0, 0.05) is 24.7 Å². The van der Waals surface area contributed by atoms with Gasteiger partial charge in [-0.15, -0.1) is 0 Å². The van der Waals surface area contributed by atoms with Gasteiger partial charge in [0.05, 0.1) is 7.11 Å². The van der Waals surface area contributed by atoms with Gasteiger partial charge in [-0.3, -0.25) is 4.90 Å². The van der Waals surface area contributed by atoms with Crippen molar-refractivity contribution in [2.24, 2.45) is 5.92 Å². The van der Waals surface area contributed by atoms with Crippen molar-refractivity contribution >= 4 is 0 Å². The summed E-state index contributed by atoms with van der Waals surface area (Å²) in [7, 11) is 1.75. The Labute approximate surface area is 116 Å². The Morgan fingerprint density at radius 3 is 2.84 bits per heavy atom. The fourth-order valence-electron chi connectivity index (χ4n) is 3.02. The monoisotopic (exact) mass is 262 g/mol. The Morgan fingerprint density at radius 2 is 2.16 bits per heavy atom. The summed E-state index contributed by atoms with van der Waals surface area (Å²) < 4.78 is 5.43. The lowest BCUT2D eigenvalue weighted by atomic mass is 9.93. The molecule has 1 heterocycles. The molecule has 1 saturated heterocycles. The van der Waals surface area contributed by atoms with Crippen molar-refractivity contribution in [2.75, 3.05) is 26.7 Å². The first kappa shape index (κ1) is 14.4. The van der Waals surface area contributed by atoms with Crippen molar-refractivity contribution in [3.05, 3.63) is 29.8 Å². The van der Waals surface area contributed by atoms with Crippen molar-refractivity contribution in [3.8, 4) is 5.75 Å². The van der Waals surface area contributed by atoms with E-state index in [0.29, 0.717) is 12.0 Å². The fourth-order valence-corrected chi connectivity index (χ4v) is 3.02. The van der Waals surface area contributed by atoms with Gasteiger partial charge in [-0.2, -0.15) is 0 Å². The summed E-state index contributed by atoms with van der Waals surface area (Å²) in [6.45, 7) is 8.93. The van der Waals surface area contributed by atoms with Gasteiger partial charge in [-0.05, 0) is 31.5 Å². The van der Waals surface area contributed by atoms with E-state index < -0.39 is 0 Å². The van der Waals surface area contributed by atoms with Crippen LogP contribution < -0.4 is 10.1 Å². The topological polar surface area (TPSA) is 24.5 Å². The van der Waals surface area contributed by atoms with E-state index in [1.165, 1.54) is 18.5 Å². The summed E-state index contributed by atoms with van der Waals surface area (Å²) >= 11 is 0. The van der Waals surface area contributed by atoms with Gasteiger partial charge in [0.1, 0.15) is 5.75 Å². The zero-order chi connectivity index (χ0) is 13.7. The molecule has 1 aliphatic heterocycles. The van der Waals surface area contributed by atoms with Crippen molar-refractivity contribution in [1.29, 1.82) is 0 Å². The molecule has 19 heavy (non-hydrogen) atoms. The minimum absolute atomic E-state index is 0.680. The molecule has 2 atom stereocenters. The standard InChI is InChI=1S/C16H26N2O/c1-4-17-15-9-10-18(11-13(15)2)12-14-7-5-6-8-16(14)19-3/h5-8,13,15,17H,4,9-12H2,1-3H3. The van der Waals surface area contributed by atoms with Crippen LogP contribution in [0.3, 0.4) is 0 Å². The third-order valence-corrected chi connectivity index (χ3v) is 4.04. The van der Waals surface area contributed by atoms with Crippen LogP contribution in [0.5, 0.6) is 5.75 Å². The molecule has 0 radical (unpaired) electrons. The van der Waals surface area contributed by atoms with E-state index in [1.807, 2.05) is 12.1 Å². The highest BCUT2D eigenvalue weighted by Gasteiger charge is 2.25. The highest BCUT2D eigenvalue weighted by atomic mass is 16.5. The van der Waals surface area contributed by atoms with Gasteiger partial charge in [-0.25, -0.2) is 0 Å². The van der Waals surface area contributed by atoms with E-state index in [4.69, 9.17) is 4.74 Å². The summed E-state index contributed by atoms with van der Waals surface area (Å²) in [4.78, 5) is 2.54. The van der Waals surface area contributed by atoms with Gasteiger partial charge in [-0.1, -0.05) is 32.0 Å². The average Bonchev–Trinajstić information content (AvgIpc) is 2.43. The molecule has 0 amide bonds. The lowest BCUT2D eigenvalue weighted by Crippen LogP contribution is -2.47. The maximum atomic E-state index is 5.43. The lowest BCUT2D eigenvalue weighted by molar-refractivity contribution is 0.141. The Bertz CT molecular complexity index is 394. The number of nitrogens with one attached hydrogen (secondary N) is 1. The highest BCUT2D eigenvalue weighted by molar-refractivity contribution is 5.33. The smallest absolute Gasteiger partial charge is 0.123 e. The zero-order valence-corrected chi connectivity index (χ0v) is 12.4. The maximum Gasteiger partial charge on any atom is 0.123 e. The van der Waals surface area contributed by atoms with Crippen LogP contribution in [0.4, 0.5) is 0 Å². The van der Waals surface area contributed by atoms with Crippen LogP contribution in [0, 0.1) is 5.92 Å². The van der Waals surface area contributed by atoms with Crippen LogP contribution in [-0.2, 0) is 6.54 Å². The highest BCUT2D eigenvalue weighted by Crippen LogP contribution is 2.23. The largest absolute Gasteiger partial charge is 0.496 e. The van der Waals surface area contributed by atoms with Crippen molar-refractivity contribution in [1.82, 2.24) is 10.2 Å². The summed E-state index contributed by atoms with van der Waals surface area (Å²) in [6, 6.07) is 9.01. The van der Waals surface area contributed by atoms with E-state index >= 15 is 0 Å². The molecule has 0 aromatic heterocycles. The van der Waals surface area contributed by atoms with Crippen LogP contribution in [0.15, 0.2) is 24.3 Å². The molecule has 1 N–H and O–H groups in total. The lowest BCUT2D eigenvalue weighted by Gasteiger charge is -2.37. The molecule has 3 heteroatoms. The normalized spacial score (nSPS) is 24.4. The third-order valence-electron chi connectivity index (χ3n) is 4.04. The summed E-state index contributed by atoms with van der Waals surface area (Å²) in [5.41, 5.74) is 1.29. The molecule has 106 valence electrons. The number of ether oxygens (including phenoxy) is 1. The quantitative estimate of drug-likeness (QED) is 0.882. The Hall–Kier alpha value is -1.06. The van der Waals surface area contributed by atoms with Gasteiger partial charge in [0.15, 0.2) is 0 Å². The third kappa shape index (κ3) is 3.71. The number of hydrogen-bond acceptors (Lipinski definition) is 3. The second kappa shape index (κ2) is 6.92. The molecule has 0 saturated carbocycles. The van der Waals surface area contributed by atoms with E-state index in [-0.39, 0.29) is 0 Å². The molecule has 1 aromatic rings. The van der Waals surface area contributed by atoms with Gasteiger partial charge < -0.3 is 10.1 Å². The van der Waals surface area contributed by atoms with Crippen LogP contribution in [0.25, 0.3) is 0 Å². The summed E-state index contributed by atoms with van der Waals surface area (Å²) in [5.74, 6) is 1.72.